The first-order valence-corrected chi connectivity index (χ1v) is 8.93. The van der Waals surface area contributed by atoms with E-state index >= 15 is 0 Å². The van der Waals surface area contributed by atoms with E-state index in [2.05, 4.69) is 78.9 Å². The fraction of sp³-hybridized carbons (Fsp3) is 0.364. The van der Waals surface area contributed by atoms with Gasteiger partial charge in [-0.1, -0.05) is 48.9 Å². The van der Waals surface area contributed by atoms with Crippen LogP contribution < -0.4 is 0 Å². The molecule has 0 fully saturated rings. The summed E-state index contributed by atoms with van der Waals surface area (Å²) in [5.74, 6) is 0.571. The van der Waals surface area contributed by atoms with Crippen LogP contribution in [0.4, 0.5) is 0 Å². The van der Waals surface area contributed by atoms with Crippen molar-refractivity contribution in [3.8, 4) is 0 Å². The van der Waals surface area contributed by atoms with Gasteiger partial charge in [0.15, 0.2) is 0 Å². The van der Waals surface area contributed by atoms with Gasteiger partial charge in [0.2, 0.25) is 0 Å². The molecule has 122 valence electrons. The molecule has 0 N–H and O–H groups in total. The summed E-state index contributed by atoms with van der Waals surface area (Å²) in [7, 11) is 2.27. The molecule has 0 spiro atoms. The van der Waals surface area contributed by atoms with Gasteiger partial charge in [-0.3, -0.25) is 0 Å². The third-order valence-electron chi connectivity index (χ3n) is 6.31. The Labute approximate surface area is 143 Å². The highest BCUT2D eigenvalue weighted by Crippen LogP contribution is 2.52. The first-order valence-electron chi connectivity index (χ1n) is 8.93. The zero-order valence-electron chi connectivity index (χ0n) is 14.7. The second kappa shape index (κ2) is 4.73. The van der Waals surface area contributed by atoms with E-state index in [0.717, 1.165) is 19.6 Å². The van der Waals surface area contributed by atoms with Crippen molar-refractivity contribution in [1.29, 1.82) is 0 Å². The molecule has 2 atom stereocenters. The normalized spacial score (nSPS) is 26.0. The summed E-state index contributed by atoms with van der Waals surface area (Å²) in [6.07, 6.45) is 0. The largest absolute Gasteiger partial charge is 0.343 e. The van der Waals surface area contributed by atoms with Crippen LogP contribution >= 0.6 is 0 Å². The second-order valence-corrected chi connectivity index (χ2v) is 8.00. The maximum Gasteiger partial charge on any atom is 0.0486 e. The summed E-state index contributed by atoms with van der Waals surface area (Å²) in [4.78, 5) is 2.51. The zero-order valence-corrected chi connectivity index (χ0v) is 14.7. The fourth-order valence-electron chi connectivity index (χ4n) is 5.08. The summed E-state index contributed by atoms with van der Waals surface area (Å²) in [6.45, 7) is 7.97. The van der Waals surface area contributed by atoms with E-state index in [9.17, 15) is 0 Å². The predicted molar refractivity (Wildman–Crippen MR) is 99.5 cm³/mol. The Kier molecular flexibility index (Phi) is 2.82. The van der Waals surface area contributed by atoms with Crippen LogP contribution in [0.2, 0.25) is 0 Å². The summed E-state index contributed by atoms with van der Waals surface area (Å²) in [5, 5.41) is 1.47. The minimum Gasteiger partial charge on any atom is -0.343 e. The molecular weight excluding hydrogens is 292 g/mol. The van der Waals surface area contributed by atoms with Crippen LogP contribution in [0.1, 0.15) is 35.2 Å². The lowest BCUT2D eigenvalue weighted by atomic mass is 9.70. The number of fused-ring (bicyclic) bond motifs is 3. The number of nitrogens with zero attached hydrogens (tertiary/aromatic N) is 2. The molecule has 0 saturated carbocycles. The van der Waals surface area contributed by atoms with E-state index in [0.29, 0.717) is 5.92 Å². The number of hydrogen-bond acceptors (Lipinski definition) is 1. The quantitative estimate of drug-likeness (QED) is 0.644. The third kappa shape index (κ3) is 1.75. The Morgan fingerprint density at radius 3 is 2.67 bits per heavy atom. The average Bonchev–Trinajstić information content (AvgIpc) is 3.04. The van der Waals surface area contributed by atoms with E-state index in [-0.39, 0.29) is 5.41 Å². The fourth-order valence-corrected chi connectivity index (χ4v) is 5.08. The molecule has 2 aliphatic rings. The SMILES string of the molecule is Cc1ccc2c(c1)c1c3n2CC(C)(c2ccccc2)C3CN(C)C1. The third-order valence-corrected chi connectivity index (χ3v) is 6.31. The number of aromatic nitrogens is 1. The molecule has 0 saturated heterocycles. The van der Waals surface area contributed by atoms with Gasteiger partial charge in [0, 0.05) is 47.6 Å². The number of rotatable bonds is 1. The maximum absolute atomic E-state index is 2.62. The lowest BCUT2D eigenvalue weighted by Gasteiger charge is -2.37. The second-order valence-electron chi connectivity index (χ2n) is 8.00. The van der Waals surface area contributed by atoms with Crippen LogP contribution in [0.15, 0.2) is 48.5 Å². The standard InChI is InChI=1S/C22H24N2/c1-15-9-10-20-17(11-15)18-12-23(3)13-19-21(18)24(20)14-22(19,2)16-7-5-4-6-8-16/h4-11,19H,12-14H2,1-3H3. The molecule has 0 radical (unpaired) electrons. The van der Waals surface area contributed by atoms with Crippen LogP contribution in [0, 0.1) is 6.92 Å². The lowest BCUT2D eigenvalue weighted by Crippen LogP contribution is -2.38. The van der Waals surface area contributed by atoms with Crippen molar-refractivity contribution >= 4 is 10.9 Å². The van der Waals surface area contributed by atoms with Crippen LogP contribution in [0.5, 0.6) is 0 Å². The number of likely N-dealkylation sites (N-methyl/N-ethyl adjacent to an activating group) is 1. The molecule has 0 amide bonds. The van der Waals surface area contributed by atoms with Crippen molar-refractivity contribution in [3.63, 3.8) is 0 Å². The molecule has 3 heterocycles. The molecular formula is C22H24N2. The van der Waals surface area contributed by atoms with Crippen molar-refractivity contribution in [1.82, 2.24) is 9.47 Å². The Morgan fingerprint density at radius 1 is 1.08 bits per heavy atom. The van der Waals surface area contributed by atoms with E-state index in [4.69, 9.17) is 0 Å². The summed E-state index contributed by atoms with van der Waals surface area (Å²) < 4.78 is 2.62. The Hall–Kier alpha value is -2.06. The Morgan fingerprint density at radius 2 is 1.88 bits per heavy atom. The van der Waals surface area contributed by atoms with Crippen molar-refractivity contribution in [2.24, 2.45) is 0 Å². The summed E-state index contributed by atoms with van der Waals surface area (Å²) >= 11 is 0. The van der Waals surface area contributed by atoms with Gasteiger partial charge >= 0.3 is 0 Å². The van der Waals surface area contributed by atoms with Gasteiger partial charge in [0.25, 0.3) is 0 Å². The first-order chi connectivity index (χ1) is 11.6. The molecule has 2 heteroatoms. The van der Waals surface area contributed by atoms with Crippen molar-refractivity contribution in [3.05, 3.63) is 70.9 Å². The van der Waals surface area contributed by atoms with Crippen LogP contribution in [-0.4, -0.2) is 23.1 Å². The highest BCUT2D eigenvalue weighted by atomic mass is 15.2. The molecule has 24 heavy (non-hydrogen) atoms. The summed E-state index contributed by atoms with van der Waals surface area (Å²) in [6, 6.07) is 18.1. The van der Waals surface area contributed by atoms with E-state index in [1.807, 2.05) is 0 Å². The lowest BCUT2D eigenvalue weighted by molar-refractivity contribution is 0.238. The molecule has 2 aliphatic heterocycles. The van der Waals surface area contributed by atoms with E-state index < -0.39 is 0 Å². The van der Waals surface area contributed by atoms with E-state index in [1.165, 1.54) is 22.0 Å². The minimum atomic E-state index is 0.180. The molecule has 2 unspecified atom stereocenters. The highest BCUT2D eigenvalue weighted by molar-refractivity contribution is 5.87. The van der Waals surface area contributed by atoms with Gasteiger partial charge in [-0.05, 0) is 37.2 Å². The average molecular weight is 316 g/mol. The Bertz CT molecular complexity index is 938. The van der Waals surface area contributed by atoms with Crippen molar-refractivity contribution in [2.75, 3.05) is 13.6 Å². The highest BCUT2D eigenvalue weighted by Gasteiger charge is 2.48. The molecule has 3 aromatic rings. The predicted octanol–water partition coefficient (Wildman–Crippen LogP) is 4.45. The van der Waals surface area contributed by atoms with Gasteiger partial charge in [0.05, 0.1) is 0 Å². The maximum atomic E-state index is 2.62. The summed E-state index contributed by atoms with van der Waals surface area (Å²) in [5.41, 5.74) is 7.59. The topological polar surface area (TPSA) is 8.17 Å². The molecule has 0 aliphatic carbocycles. The van der Waals surface area contributed by atoms with Crippen LogP contribution in [0.25, 0.3) is 10.9 Å². The van der Waals surface area contributed by atoms with Gasteiger partial charge in [-0.2, -0.15) is 0 Å². The van der Waals surface area contributed by atoms with Crippen molar-refractivity contribution < 1.29 is 0 Å². The molecule has 0 bridgehead atoms. The monoisotopic (exact) mass is 316 g/mol. The number of hydrogen-bond donors (Lipinski definition) is 0. The van der Waals surface area contributed by atoms with Gasteiger partial charge < -0.3 is 9.47 Å². The zero-order chi connectivity index (χ0) is 16.5. The molecule has 5 rings (SSSR count). The molecule has 2 aromatic carbocycles. The molecule has 2 nitrogen and oxygen atoms in total. The van der Waals surface area contributed by atoms with Gasteiger partial charge in [-0.15, -0.1) is 0 Å². The molecule has 1 aromatic heterocycles. The van der Waals surface area contributed by atoms with Gasteiger partial charge in [-0.25, -0.2) is 0 Å². The van der Waals surface area contributed by atoms with Crippen molar-refractivity contribution in [2.45, 2.75) is 38.3 Å². The van der Waals surface area contributed by atoms with Crippen LogP contribution in [0.3, 0.4) is 0 Å². The Balaban J connectivity index is 1.78. The number of benzene rings is 2. The van der Waals surface area contributed by atoms with Gasteiger partial charge in [0.1, 0.15) is 0 Å². The number of aryl methyl sites for hydroxylation is 1. The first kappa shape index (κ1) is 14.3. The van der Waals surface area contributed by atoms with Crippen LogP contribution in [-0.2, 0) is 18.5 Å². The van der Waals surface area contributed by atoms with E-state index in [1.54, 1.807) is 11.3 Å². The minimum absolute atomic E-state index is 0.180. The smallest absolute Gasteiger partial charge is 0.0486 e.